The fraction of sp³-hybridized carbons (Fsp3) is 0. The first-order valence-electron chi connectivity index (χ1n) is 16.5. The highest BCUT2D eigenvalue weighted by Crippen LogP contribution is 2.77. The summed E-state index contributed by atoms with van der Waals surface area (Å²) in [6.45, 7) is 0. The largest absolute Gasteiger partial charge is 0.447 e. The van der Waals surface area contributed by atoms with Crippen LogP contribution >= 0.6 is 24.6 Å². The summed E-state index contributed by atoms with van der Waals surface area (Å²) in [5.41, 5.74) is 32.5. The van der Waals surface area contributed by atoms with Crippen LogP contribution in [0.15, 0.2) is 150 Å². The van der Waals surface area contributed by atoms with Crippen LogP contribution in [0, 0.1) is 10.1 Å². The molecule has 17 nitrogen and oxygen atoms in total. The maximum atomic E-state index is 11.6. The zero-order chi connectivity index (χ0) is 39.2. The average Bonchev–Trinajstić information content (AvgIpc) is 3.19. The van der Waals surface area contributed by atoms with Gasteiger partial charge in [-0.15, -0.1) is 4.52 Å². The number of rotatable bonds is 13. The molecule has 3 unspecified atom stereocenters. The molecule has 10 N–H and O–H groups in total. The number of nitrogen functional groups attached to an aromatic ring is 5. The molecule has 6 aromatic rings. The Morgan fingerprint density at radius 1 is 0.500 bits per heavy atom. The van der Waals surface area contributed by atoms with E-state index in [4.69, 9.17) is 61.0 Å². The Labute approximate surface area is 323 Å². The van der Waals surface area contributed by atoms with E-state index in [1.807, 2.05) is 0 Å². The summed E-state index contributed by atoms with van der Waals surface area (Å²) in [7, 11) is -8.88. The molecule has 0 aromatic heterocycles. The molecule has 1 heterocycles. The molecule has 0 fully saturated rings. The Hall–Kier alpha value is -6.47. The van der Waals surface area contributed by atoms with Crippen molar-refractivity contribution in [1.29, 1.82) is 0 Å². The van der Waals surface area contributed by atoms with E-state index >= 15 is 0 Å². The second kappa shape index (κ2) is 16.5. The third-order valence-electron chi connectivity index (χ3n) is 7.49. The van der Waals surface area contributed by atoms with Crippen molar-refractivity contribution in [2.45, 2.75) is 0 Å². The fourth-order valence-corrected chi connectivity index (χ4v) is 12.2. The maximum absolute atomic E-state index is 11.6. The summed E-state index contributed by atoms with van der Waals surface area (Å²) in [4.78, 5) is 24.4. The molecule has 286 valence electrons. The minimum absolute atomic E-state index is 0.145. The van der Waals surface area contributed by atoms with Crippen molar-refractivity contribution in [3.8, 4) is 34.5 Å². The number of benzene rings is 6. The first-order valence-corrected chi connectivity index (χ1v) is 20.3. The second-order valence-electron chi connectivity index (χ2n) is 11.7. The Kier molecular flexibility index (Phi) is 11.1. The standard InChI is InChI=1S/C36H34N9O8P3/c37-25-1-13-31(14-2-25)48-44-54(50-33-17-5-27(39)6-18-33)42-56(52-35-21-9-29(41)10-22-35,53-36-23-11-30(12-24-36)43(46)47)45(49-32-15-3-26(38)4-16-32)55(44)51-34-19-7-28(40)8-20-34/h1-24H,37-41H2. The lowest BCUT2D eigenvalue weighted by atomic mass is 10.3. The van der Waals surface area contributed by atoms with E-state index in [1.165, 1.54) is 33.5 Å². The number of nitrogens with two attached hydrogens (primary N) is 5. The molecule has 0 saturated heterocycles. The van der Waals surface area contributed by atoms with Crippen LogP contribution in [0.5, 0.6) is 34.5 Å². The third kappa shape index (κ3) is 9.07. The molecule has 0 amide bonds. The van der Waals surface area contributed by atoms with Gasteiger partial charge in [-0.3, -0.25) is 10.1 Å². The summed E-state index contributed by atoms with van der Waals surface area (Å²) in [5.74, 6) is 1.79. The number of hydrogen-bond donors (Lipinski definition) is 5. The lowest BCUT2D eigenvalue weighted by Gasteiger charge is -2.43. The molecule has 3 atom stereocenters. The number of anilines is 5. The van der Waals surface area contributed by atoms with E-state index in [2.05, 4.69) is 0 Å². The molecular weight excluding hydrogens is 779 g/mol. The first kappa shape index (κ1) is 37.8. The van der Waals surface area contributed by atoms with E-state index in [-0.39, 0.29) is 17.2 Å². The Balaban J connectivity index is 1.48. The molecule has 1 aliphatic heterocycles. The lowest BCUT2D eigenvalue weighted by molar-refractivity contribution is -0.384. The van der Waals surface area contributed by atoms with E-state index < -0.39 is 29.5 Å². The minimum Gasteiger partial charge on any atom is -0.440 e. The van der Waals surface area contributed by atoms with Gasteiger partial charge in [0.05, 0.1) is 4.92 Å². The van der Waals surface area contributed by atoms with E-state index in [1.54, 1.807) is 121 Å². The van der Waals surface area contributed by atoms with Crippen molar-refractivity contribution in [3.05, 3.63) is 156 Å². The Morgan fingerprint density at radius 3 is 1.29 bits per heavy atom. The quantitative estimate of drug-likeness (QED) is 0.0316. The zero-order valence-corrected chi connectivity index (χ0v) is 31.8. The van der Waals surface area contributed by atoms with Crippen LogP contribution in [0.25, 0.3) is 0 Å². The predicted molar refractivity (Wildman–Crippen MR) is 218 cm³/mol. The van der Waals surface area contributed by atoms with E-state index in [9.17, 15) is 10.1 Å². The predicted octanol–water partition coefficient (Wildman–Crippen LogP) is 9.13. The molecule has 0 spiro atoms. The van der Waals surface area contributed by atoms with Crippen LogP contribution in [0.3, 0.4) is 0 Å². The molecular formula is C36H34N9O8P3. The number of nitro benzene ring substituents is 1. The number of hydrogen-bond acceptors (Lipinski definition) is 16. The van der Waals surface area contributed by atoms with Crippen molar-refractivity contribution in [2.75, 3.05) is 28.7 Å². The van der Waals surface area contributed by atoms with Gasteiger partial charge in [0, 0.05) is 49.8 Å². The molecule has 0 bridgehead atoms. The highest BCUT2D eigenvalue weighted by molar-refractivity contribution is 7.78. The van der Waals surface area contributed by atoms with Crippen molar-refractivity contribution in [2.24, 2.45) is 4.52 Å². The molecule has 1 aliphatic rings. The van der Waals surface area contributed by atoms with Gasteiger partial charge in [0.2, 0.25) is 0 Å². The van der Waals surface area contributed by atoms with E-state index in [0.29, 0.717) is 51.4 Å². The van der Waals surface area contributed by atoms with Crippen LogP contribution in [-0.2, 0) is 0 Å². The number of nitrogens with zero attached hydrogens (tertiary/aromatic N) is 4. The van der Waals surface area contributed by atoms with Crippen molar-refractivity contribution in [1.82, 2.24) is 9.21 Å². The molecule has 56 heavy (non-hydrogen) atoms. The van der Waals surface area contributed by atoms with Crippen molar-refractivity contribution < 1.29 is 32.7 Å². The normalized spacial score (nSPS) is 18.2. The molecule has 7 rings (SSSR count). The summed E-state index contributed by atoms with van der Waals surface area (Å²) in [6, 6.07) is 38.6. The van der Waals surface area contributed by atoms with Crippen LogP contribution in [-0.4, -0.2) is 14.1 Å². The van der Waals surface area contributed by atoms with Gasteiger partial charge in [0.1, 0.15) is 34.5 Å². The molecule has 20 heteroatoms. The van der Waals surface area contributed by atoms with Crippen molar-refractivity contribution in [3.63, 3.8) is 0 Å². The Bertz CT molecular complexity index is 2330. The topological polar surface area (TPSA) is 247 Å². The lowest BCUT2D eigenvalue weighted by Crippen LogP contribution is -2.37. The monoisotopic (exact) mass is 813 g/mol. The average molecular weight is 814 g/mol. The minimum atomic E-state index is -4.12. The SMILES string of the molecule is Nc1ccc(ON2P(Oc3ccc(N)cc3)N=P(Oc3ccc(N)cc3)(Oc3ccc([N+](=O)[O-])cc3)N(Oc3ccc(N)cc3)P2Oc2ccc(N)cc2)cc1. The summed E-state index contributed by atoms with van der Waals surface area (Å²) < 4.78 is 35.0. The molecule has 0 saturated carbocycles. The van der Waals surface area contributed by atoms with Gasteiger partial charge < -0.3 is 56.4 Å². The second-order valence-corrected chi connectivity index (χ2v) is 17.3. The highest BCUT2D eigenvalue weighted by atomic mass is 31.3. The van der Waals surface area contributed by atoms with Gasteiger partial charge in [-0.05, 0) is 133 Å². The highest BCUT2D eigenvalue weighted by Gasteiger charge is 2.58. The summed E-state index contributed by atoms with van der Waals surface area (Å²) in [5, 5.41) is 11.6. The van der Waals surface area contributed by atoms with Crippen LogP contribution in [0.2, 0.25) is 0 Å². The molecule has 6 aromatic carbocycles. The number of non-ortho nitro benzene ring substituents is 1. The third-order valence-corrected chi connectivity index (χ3v) is 14.3. The fourth-order valence-electron chi connectivity index (χ4n) is 4.72. The van der Waals surface area contributed by atoms with Crippen LogP contribution in [0.1, 0.15) is 0 Å². The maximum Gasteiger partial charge on any atom is 0.447 e. The smallest absolute Gasteiger partial charge is 0.440 e. The van der Waals surface area contributed by atoms with Gasteiger partial charge in [-0.1, -0.05) is 0 Å². The van der Waals surface area contributed by atoms with Gasteiger partial charge in [0.15, 0.2) is 0 Å². The summed E-state index contributed by atoms with van der Waals surface area (Å²) >= 11 is 0. The van der Waals surface area contributed by atoms with Crippen LogP contribution < -0.4 is 56.4 Å². The van der Waals surface area contributed by atoms with Gasteiger partial charge in [-0.2, -0.15) is 0 Å². The van der Waals surface area contributed by atoms with Gasteiger partial charge >= 0.3 is 24.6 Å². The van der Waals surface area contributed by atoms with Crippen LogP contribution in [0.4, 0.5) is 34.1 Å². The van der Waals surface area contributed by atoms with Gasteiger partial charge in [-0.25, -0.2) is 0 Å². The first-order chi connectivity index (χ1) is 27.0. The van der Waals surface area contributed by atoms with Gasteiger partial charge in [0.25, 0.3) is 5.69 Å². The number of nitro groups is 1. The van der Waals surface area contributed by atoms with Crippen molar-refractivity contribution >= 4 is 58.7 Å². The summed E-state index contributed by atoms with van der Waals surface area (Å²) in [6.07, 6.45) is 0. The van der Waals surface area contributed by atoms with E-state index in [0.717, 1.165) is 0 Å². The zero-order valence-electron chi connectivity index (χ0n) is 29.1. The molecule has 0 aliphatic carbocycles. The Morgan fingerprint density at radius 2 is 0.857 bits per heavy atom. The molecule has 0 radical (unpaired) electrons.